The zero-order valence-corrected chi connectivity index (χ0v) is 21.4. The van der Waals surface area contributed by atoms with Gasteiger partial charge in [0, 0.05) is 0 Å². The van der Waals surface area contributed by atoms with Crippen LogP contribution in [0.4, 0.5) is 0 Å². The third-order valence-corrected chi connectivity index (χ3v) is 7.48. The molecule has 38 heavy (non-hydrogen) atoms. The zero-order chi connectivity index (χ0) is 26.8. The second-order valence-electron chi connectivity index (χ2n) is 9.33. The minimum absolute atomic E-state index is 0.504. The summed E-state index contributed by atoms with van der Waals surface area (Å²) in [6.07, 6.45) is -0.683. The Bertz CT molecular complexity index is 1300. The van der Waals surface area contributed by atoms with Gasteiger partial charge in [0.25, 0.3) is 0 Å². The van der Waals surface area contributed by atoms with Crippen molar-refractivity contribution in [3.63, 3.8) is 0 Å². The number of carbonyl (C=O) groups is 3. The van der Waals surface area contributed by atoms with E-state index < -0.39 is 54.0 Å². The SMILES string of the molecule is COC(=O)[C@@H]1[C@H](C(=O)OC)[C@@H](c2ccc(OC)cc2)N2[C@@H]1C(=O)O[C@H](c1ccccc1)[C@@H]2c1ccccc1. The van der Waals surface area contributed by atoms with E-state index in [1.807, 2.05) is 77.7 Å². The average molecular weight is 516 g/mol. The maximum absolute atomic E-state index is 13.8. The van der Waals surface area contributed by atoms with Crippen molar-refractivity contribution in [1.82, 2.24) is 4.90 Å². The first kappa shape index (κ1) is 25.5. The fraction of sp³-hybridized carbons (Fsp3) is 0.300. The van der Waals surface area contributed by atoms with Crippen molar-refractivity contribution in [1.29, 1.82) is 0 Å². The van der Waals surface area contributed by atoms with Crippen LogP contribution in [0.3, 0.4) is 0 Å². The molecule has 2 aliphatic heterocycles. The van der Waals surface area contributed by atoms with Gasteiger partial charge in [-0.25, -0.2) is 0 Å². The van der Waals surface area contributed by atoms with E-state index in [-0.39, 0.29) is 0 Å². The van der Waals surface area contributed by atoms with E-state index in [0.29, 0.717) is 5.75 Å². The van der Waals surface area contributed by atoms with Gasteiger partial charge in [-0.1, -0.05) is 72.8 Å². The normalized spacial score (nSPS) is 26.7. The molecule has 2 heterocycles. The highest BCUT2D eigenvalue weighted by atomic mass is 16.6. The third kappa shape index (κ3) is 4.31. The predicted molar refractivity (Wildman–Crippen MR) is 137 cm³/mol. The molecule has 5 rings (SSSR count). The molecule has 0 N–H and O–H groups in total. The fourth-order valence-corrected chi connectivity index (χ4v) is 5.86. The van der Waals surface area contributed by atoms with Gasteiger partial charge in [-0.2, -0.15) is 0 Å². The number of benzene rings is 3. The van der Waals surface area contributed by atoms with Crippen molar-refractivity contribution in [2.45, 2.75) is 24.2 Å². The van der Waals surface area contributed by atoms with Crippen LogP contribution < -0.4 is 4.74 Å². The topological polar surface area (TPSA) is 91.4 Å². The van der Waals surface area contributed by atoms with Gasteiger partial charge in [-0.15, -0.1) is 0 Å². The van der Waals surface area contributed by atoms with E-state index in [1.54, 1.807) is 19.2 Å². The Hall–Kier alpha value is -4.17. The lowest BCUT2D eigenvalue weighted by atomic mass is 9.84. The minimum atomic E-state index is -1.13. The van der Waals surface area contributed by atoms with E-state index >= 15 is 0 Å². The van der Waals surface area contributed by atoms with E-state index in [0.717, 1.165) is 16.7 Å². The molecule has 8 heteroatoms. The number of hydrogen-bond acceptors (Lipinski definition) is 8. The Kier molecular flexibility index (Phi) is 7.15. The summed E-state index contributed by atoms with van der Waals surface area (Å²) in [6, 6.07) is 24.1. The summed E-state index contributed by atoms with van der Waals surface area (Å²) in [5.41, 5.74) is 2.42. The number of nitrogens with zero attached hydrogens (tertiary/aromatic N) is 1. The second-order valence-corrected chi connectivity index (χ2v) is 9.33. The highest BCUT2D eigenvalue weighted by molar-refractivity contribution is 5.91. The second kappa shape index (κ2) is 10.7. The zero-order valence-electron chi connectivity index (χ0n) is 21.4. The molecule has 2 aliphatic rings. The fourth-order valence-electron chi connectivity index (χ4n) is 5.86. The molecule has 196 valence electrons. The smallest absolute Gasteiger partial charge is 0.325 e. The van der Waals surface area contributed by atoms with E-state index in [4.69, 9.17) is 18.9 Å². The molecule has 8 nitrogen and oxygen atoms in total. The van der Waals surface area contributed by atoms with Crippen LogP contribution in [-0.4, -0.2) is 50.2 Å². The van der Waals surface area contributed by atoms with Crippen LogP contribution in [0.1, 0.15) is 34.9 Å². The Morgan fingerprint density at radius 1 is 0.658 bits per heavy atom. The van der Waals surface area contributed by atoms with Gasteiger partial charge in [0.05, 0.1) is 45.2 Å². The maximum atomic E-state index is 13.8. The Labute approximate surface area is 221 Å². The molecular formula is C30H29NO7. The number of fused-ring (bicyclic) bond motifs is 1. The van der Waals surface area contributed by atoms with Gasteiger partial charge in [0.2, 0.25) is 0 Å². The summed E-state index contributed by atoms with van der Waals surface area (Å²) < 4.78 is 21.8. The number of rotatable bonds is 6. The van der Waals surface area contributed by atoms with Gasteiger partial charge in [0.1, 0.15) is 17.9 Å². The number of methoxy groups -OCH3 is 3. The van der Waals surface area contributed by atoms with Gasteiger partial charge < -0.3 is 18.9 Å². The number of hydrogen-bond donors (Lipinski definition) is 0. The highest BCUT2D eigenvalue weighted by Gasteiger charge is 2.64. The summed E-state index contributed by atoms with van der Waals surface area (Å²) in [7, 11) is 4.10. The maximum Gasteiger partial charge on any atom is 0.325 e. The molecule has 2 saturated heterocycles. The van der Waals surface area contributed by atoms with Gasteiger partial charge in [-0.05, 0) is 28.8 Å². The molecule has 2 fully saturated rings. The molecule has 0 unspecified atom stereocenters. The quantitative estimate of drug-likeness (QED) is 0.359. The molecule has 0 bridgehead atoms. The largest absolute Gasteiger partial charge is 0.497 e. The number of carbonyl (C=O) groups excluding carboxylic acids is 3. The van der Waals surface area contributed by atoms with Crippen molar-refractivity contribution in [2.24, 2.45) is 11.8 Å². The predicted octanol–water partition coefficient (Wildman–Crippen LogP) is 4.04. The van der Waals surface area contributed by atoms with E-state index in [2.05, 4.69) is 0 Å². The molecule has 0 aromatic heterocycles. The standard InChI is InChI=1S/C30H29NO7/c1-35-21-16-14-19(15-17-21)24-22(28(32)36-2)23(29(33)37-3)26-30(34)38-27(20-12-8-5-9-13-20)25(31(24)26)18-10-6-4-7-11-18/h4-17,22-27H,1-3H3/t22-,23+,24+,25-,26-,27+/m0/s1. The summed E-state index contributed by atoms with van der Waals surface area (Å²) in [6.45, 7) is 0. The Morgan fingerprint density at radius 3 is 1.68 bits per heavy atom. The van der Waals surface area contributed by atoms with Crippen molar-refractivity contribution >= 4 is 17.9 Å². The number of ether oxygens (including phenoxy) is 4. The van der Waals surface area contributed by atoms with Crippen molar-refractivity contribution in [3.8, 4) is 5.75 Å². The minimum Gasteiger partial charge on any atom is -0.497 e. The van der Waals surface area contributed by atoms with Crippen LogP contribution in [0.15, 0.2) is 84.9 Å². The van der Waals surface area contributed by atoms with Crippen molar-refractivity contribution in [2.75, 3.05) is 21.3 Å². The van der Waals surface area contributed by atoms with E-state index in [1.165, 1.54) is 14.2 Å². The lowest BCUT2D eigenvalue weighted by Crippen LogP contribution is -2.52. The first-order valence-corrected chi connectivity index (χ1v) is 12.4. The van der Waals surface area contributed by atoms with Crippen LogP contribution in [0, 0.1) is 11.8 Å². The number of cyclic esters (lactones) is 1. The summed E-state index contributed by atoms with van der Waals surface area (Å²) in [5, 5.41) is 0. The summed E-state index contributed by atoms with van der Waals surface area (Å²) in [5.74, 6) is -3.37. The Morgan fingerprint density at radius 2 is 1.16 bits per heavy atom. The molecular weight excluding hydrogens is 486 g/mol. The first-order chi connectivity index (χ1) is 18.5. The van der Waals surface area contributed by atoms with Crippen molar-refractivity contribution < 1.29 is 33.3 Å². The highest BCUT2D eigenvalue weighted by Crippen LogP contribution is 2.56. The van der Waals surface area contributed by atoms with Crippen LogP contribution in [0.5, 0.6) is 5.75 Å². The Balaban J connectivity index is 1.76. The third-order valence-electron chi connectivity index (χ3n) is 7.48. The number of morpholine rings is 1. The monoisotopic (exact) mass is 515 g/mol. The van der Waals surface area contributed by atoms with Crippen LogP contribution in [0.2, 0.25) is 0 Å². The van der Waals surface area contributed by atoms with E-state index in [9.17, 15) is 14.4 Å². The molecule has 3 aromatic carbocycles. The van der Waals surface area contributed by atoms with Crippen LogP contribution in [-0.2, 0) is 28.6 Å². The van der Waals surface area contributed by atoms with Gasteiger partial charge >= 0.3 is 17.9 Å². The molecule has 0 amide bonds. The van der Waals surface area contributed by atoms with Crippen molar-refractivity contribution in [3.05, 3.63) is 102 Å². The van der Waals surface area contributed by atoms with Crippen LogP contribution >= 0.6 is 0 Å². The molecule has 0 aliphatic carbocycles. The molecule has 0 spiro atoms. The summed E-state index contributed by atoms with van der Waals surface area (Å²) in [4.78, 5) is 42.3. The molecule has 0 radical (unpaired) electrons. The van der Waals surface area contributed by atoms with Gasteiger partial charge in [0.15, 0.2) is 0 Å². The molecule has 0 saturated carbocycles. The lowest BCUT2D eigenvalue weighted by Gasteiger charge is -2.45. The average Bonchev–Trinajstić information content (AvgIpc) is 3.33. The van der Waals surface area contributed by atoms with Crippen LogP contribution in [0.25, 0.3) is 0 Å². The lowest BCUT2D eigenvalue weighted by molar-refractivity contribution is -0.180. The first-order valence-electron chi connectivity index (χ1n) is 12.4. The number of esters is 3. The summed E-state index contributed by atoms with van der Waals surface area (Å²) >= 11 is 0. The molecule has 6 atom stereocenters. The van der Waals surface area contributed by atoms with Gasteiger partial charge in [-0.3, -0.25) is 19.3 Å². The molecule has 3 aromatic rings.